The van der Waals surface area contributed by atoms with Crippen molar-refractivity contribution in [3.63, 3.8) is 0 Å². The molecule has 0 aromatic heterocycles. The standard InChI is InChI=1S/C11H13N3O2/c1-6-9(13-14-10(6)11(12)16)7-2-4-8(15)5-3-7/h2-6,9-10,15H,1H3,(H2,12,16). The Morgan fingerprint density at radius 1 is 1.31 bits per heavy atom. The fourth-order valence-electron chi connectivity index (χ4n) is 1.88. The number of hydrogen-bond acceptors (Lipinski definition) is 4. The normalized spacial score (nSPS) is 28.2. The maximum Gasteiger partial charge on any atom is 0.244 e. The first kappa shape index (κ1) is 10.6. The number of phenolic OH excluding ortho intramolecular Hbond substituents is 1. The molecule has 0 saturated carbocycles. The molecule has 1 aromatic carbocycles. The lowest BCUT2D eigenvalue weighted by atomic mass is 9.90. The number of phenols is 1. The fourth-order valence-corrected chi connectivity index (χ4v) is 1.88. The van der Waals surface area contributed by atoms with Crippen molar-refractivity contribution in [3.05, 3.63) is 29.8 Å². The quantitative estimate of drug-likeness (QED) is 0.787. The van der Waals surface area contributed by atoms with Crippen molar-refractivity contribution in [3.8, 4) is 5.75 Å². The molecule has 5 nitrogen and oxygen atoms in total. The molecule has 1 aliphatic rings. The van der Waals surface area contributed by atoms with Gasteiger partial charge in [0.15, 0.2) is 6.04 Å². The van der Waals surface area contributed by atoms with Crippen LogP contribution in [0.3, 0.4) is 0 Å². The van der Waals surface area contributed by atoms with Gasteiger partial charge in [0, 0.05) is 5.92 Å². The molecule has 1 heterocycles. The summed E-state index contributed by atoms with van der Waals surface area (Å²) in [5.41, 5.74) is 6.15. The number of azo groups is 1. The van der Waals surface area contributed by atoms with E-state index in [0.717, 1.165) is 5.56 Å². The number of hydrogen-bond donors (Lipinski definition) is 2. The molecule has 0 bridgehead atoms. The molecule has 0 spiro atoms. The molecule has 0 radical (unpaired) electrons. The van der Waals surface area contributed by atoms with Crippen LogP contribution in [-0.4, -0.2) is 17.1 Å². The Labute approximate surface area is 93.0 Å². The zero-order valence-corrected chi connectivity index (χ0v) is 8.87. The second kappa shape index (κ2) is 3.92. The Morgan fingerprint density at radius 2 is 1.94 bits per heavy atom. The van der Waals surface area contributed by atoms with Crippen molar-refractivity contribution >= 4 is 5.91 Å². The summed E-state index contributed by atoms with van der Waals surface area (Å²) in [6.07, 6.45) is 0. The van der Waals surface area contributed by atoms with Gasteiger partial charge < -0.3 is 10.8 Å². The van der Waals surface area contributed by atoms with Crippen molar-refractivity contribution in [1.82, 2.24) is 0 Å². The van der Waals surface area contributed by atoms with E-state index in [1.807, 2.05) is 6.92 Å². The second-order valence-corrected chi connectivity index (χ2v) is 3.97. The van der Waals surface area contributed by atoms with Gasteiger partial charge in [0.2, 0.25) is 5.91 Å². The molecule has 1 amide bonds. The van der Waals surface area contributed by atoms with E-state index in [2.05, 4.69) is 10.2 Å². The number of nitrogens with zero attached hydrogens (tertiary/aromatic N) is 2. The first-order chi connectivity index (χ1) is 7.59. The molecule has 1 aromatic rings. The zero-order valence-electron chi connectivity index (χ0n) is 8.87. The Bertz CT molecular complexity index is 427. The minimum atomic E-state index is -0.543. The van der Waals surface area contributed by atoms with Crippen molar-refractivity contribution in [2.45, 2.75) is 19.0 Å². The van der Waals surface area contributed by atoms with Crippen LogP contribution in [0, 0.1) is 5.92 Å². The SMILES string of the molecule is CC1C(C(N)=O)N=NC1c1ccc(O)cc1. The Kier molecular flexibility index (Phi) is 2.60. The van der Waals surface area contributed by atoms with Crippen LogP contribution in [0.4, 0.5) is 0 Å². The largest absolute Gasteiger partial charge is 0.508 e. The number of nitrogens with two attached hydrogens (primary N) is 1. The summed E-state index contributed by atoms with van der Waals surface area (Å²) in [5.74, 6) is -0.280. The number of rotatable bonds is 2. The summed E-state index contributed by atoms with van der Waals surface area (Å²) in [6, 6.07) is 6.04. The Morgan fingerprint density at radius 3 is 2.44 bits per heavy atom. The lowest BCUT2D eigenvalue weighted by molar-refractivity contribution is -0.119. The summed E-state index contributed by atoms with van der Waals surface area (Å²) in [7, 11) is 0. The highest BCUT2D eigenvalue weighted by atomic mass is 16.3. The average molecular weight is 219 g/mol. The highest BCUT2D eigenvalue weighted by molar-refractivity contribution is 5.80. The third-order valence-electron chi connectivity index (χ3n) is 2.84. The molecule has 0 fully saturated rings. The van der Waals surface area contributed by atoms with Crippen LogP contribution in [0.15, 0.2) is 34.5 Å². The van der Waals surface area contributed by atoms with Gasteiger partial charge in [-0.15, -0.1) is 0 Å². The smallest absolute Gasteiger partial charge is 0.244 e. The van der Waals surface area contributed by atoms with Crippen molar-refractivity contribution in [2.75, 3.05) is 0 Å². The first-order valence-electron chi connectivity index (χ1n) is 5.08. The van der Waals surface area contributed by atoms with Crippen LogP contribution in [0.5, 0.6) is 5.75 Å². The summed E-state index contributed by atoms with van der Waals surface area (Å²) in [4.78, 5) is 11.1. The second-order valence-electron chi connectivity index (χ2n) is 3.97. The number of aromatic hydroxyl groups is 1. The monoisotopic (exact) mass is 219 g/mol. The van der Waals surface area contributed by atoms with Crippen LogP contribution in [0.2, 0.25) is 0 Å². The summed E-state index contributed by atoms with van der Waals surface area (Å²) in [6.45, 7) is 1.90. The summed E-state index contributed by atoms with van der Waals surface area (Å²) < 4.78 is 0. The number of carbonyl (C=O) groups is 1. The van der Waals surface area contributed by atoms with Gasteiger partial charge in [-0.3, -0.25) is 4.79 Å². The third kappa shape index (κ3) is 1.76. The van der Waals surface area contributed by atoms with Crippen molar-refractivity contribution in [1.29, 1.82) is 0 Å². The highest BCUT2D eigenvalue weighted by Crippen LogP contribution is 2.35. The molecule has 3 N–H and O–H groups in total. The van der Waals surface area contributed by atoms with Crippen LogP contribution >= 0.6 is 0 Å². The Hall–Kier alpha value is -1.91. The van der Waals surface area contributed by atoms with Gasteiger partial charge >= 0.3 is 0 Å². The highest BCUT2D eigenvalue weighted by Gasteiger charge is 2.35. The van der Waals surface area contributed by atoms with Gasteiger partial charge in [-0.05, 0) is 17.7 Å². The van der Waals surface area contributed by atoms with Crippen LogP contribution in [0.25, 0.3) is 0 Å². The van der Waals surface area contributed by atoms with Gasteiger partial charge in [0.05, 0.1) is 0 Å². The number of benzene rings is 1. The minimum absolute atomic E-state index is 0.0398. The molecule has 16 heavy (non-hydrogen) atoms. The van der Waals surface area contributed by atoms with Crippen molar-refractivity contribution < 1.29 is 9.90 Å². The lowest BCUT2D eigenvalue weighted by Crippen LogP contribution is -2.31. The van der Waals surface area contributed by atoms with E-state index in [0.29, 0.717) is 0 Å². The van der Waals surface area contributed by atoms with Crippen molar-refractivity contribution in [2.24, 2.45) is 21.9 Å². The van der Waals surface area contributed by atoms with Gasteiger partial charge in [0.25, 0.3) is 0 Å². The van der Waals surface area contributed by atoms with E-state index < -0.39 is 11.9 Å². The van der Waals surface area contributed by atoms with Crippen LogP contribution in [-0.2, 0) is 4.79 Å². The molecule has 0 aliphatic carbocycles. The predicted molar refractivity (Wildman–Crippen MR) is 57.9 cm³/mol. The number of amides is 1. The molecule has 3 atom stereocenters. The Balaban J connectivity index is 2.22. The van der Waals surface area contributed by atoms with Gasteiger partial charge in [-0.25, -0.2) is 0 Å². The lowest BCUT2D eigenvalue weighted by Gasteiger charge is -2.15. The molecule has 1 aliphatic heterocycles. The maximum absolute atomic E-state index is 11.1. The molecule has 84 valence electrons. The fraction of sp³-hybridized carbons (Fsp3) is 0.364. The number of carbonyl (C=O) groups excluding carboxylic acids is 1. The molecular formula is C11H13N3O2. The first-order valence-corrected chi connectivity index (χ1v) is 5.08. The zero-order chi connectivity index (χ0) is 11.7. The van der Waals surface area contributed by atoms with Gasteiger partial charge in [-0.1, -0.05) is 19.1 Å². The summed E-state index contributed by atoms with van der Waals surface area (Å²) >= 11 is 0. The van der Waals surface area contributed by atoms with E-state index in [4.69, 9.17) is 5.73 Å². The van der Waals surface area contributed by atoms with E-state index in [-0.39, 0.29) is 17.7 Å². The summed E-state index contributed by atoms with van der Waals surface area (Å²) in [5, 5.41) is 17.1. The molecule has 2 rings (SSSR count). The molecule has 5 heteroatoms. The maximum atomic E-state index is 11.1. The van der Waals surface area contributed by atoms with E-state index in [1.54, 1.807) is 24.3 Å². The van der Waals surface area contributed by atoms with Gasteiger partial charge in [-0.2, -0.15) is 10.2 Å². The minimum Gasteiger partial charge on any atom is -0.508 e. The van der Waals surface area contributed by atoms with E-state index in [1.165, 1.54) is 0 Å². The number of primary amides is 1. The molecular weight excluding hydrogens is 206 g/mol. The predicted octanol–water partition coefficient (Wildman–Crippen LogP) is 1.39. The average Bonchev–Trinajstić information content (AvgIpc) is 2.61. The molecule has 3 unspecified atom stereocenters. The molecule has 0 saturated heterocycles. The van der Waals surface area contributed by atoms with Crippen LogP contribution < -0.4 is 5.73 Å². The van der Waals surface area contributed by atoms with E-state index in [9.17, 15) is 9.90 Å². The topological polar surface area (TPSA) is 88.0 Å². The van der Waals surface area contributed by atoms with Gasteiger partial charge in [0.1, 0.15) is 11.8 Å². The van der Waals surface area contributed by atoms with E-state index >= 15 is 0 Å². The van der Waals surface area contributed by atoms with Crippen LogP contribution in [0.1, 0.15) is 18.5 Å². The third-order valence-corrected chi connectivity index (χ3v) is 2.84.